The number of aliphatic hydroxyl groups excluding tert-OH is 1. The highest BCUT2D eigenvalue weighted by Gasteiger charge is 2.28. The number of ether oxygens (including phenoxy) is 3. The number of phosphoric ester groups is 1. The Morgan fingerprint density at radius 1 is 0.375 bits per heavy atom. The first-order valence-electron chi connectivity index (χ1n) is 30.2. The summed E-state index contributed by atoms with van der Waals surface area (Å²) in [5, 5.41) is 9.80. The Labute approximate surface area is 442 Å². The highest BCUT2D eigenvalue weighted by molar-refractivity contribution is 7.47. The molecule has 0 aromatic heterocycles. The van der Waals surface area contributed by atoms with Gasteiger partial charge >= 0.3 is 25.7 Å². The standard InChI is InChI=1S/C60H113O11P/c1-4-7-10-13-16-19-22-24-26-28-30-32-35-37-40-43-46-49-58(62)67-53-57(71-60(64)51-48-45-42-39-36-33-31-29-27-25-23-20-17-14-11-8-5-2)55-69-72(65,66)68-54-56(52-61)70-59(63)50-47-44-41-38-34-21-18-15-12-9-6-3/h24-27,56-57,61H,4-23,28-55H2,1-3H3,(H,65,66)/b26-24-,27-25-. The second-order valence-corrected chi connectivity index (χ2v) is 22.0. The van der Waals surface area contributed by atoms with Gasteiger partial charge in [0.1, 0.15) is 12.7 Å². The van der Waals surface area contributed by atoms with Gasteiger partial charge in [-0.25, -0.2) is 4.57 Å². The van der Waals surface area contributed by atoms with E-state index in [0.717, 1.165) is 70.6 Å². The molecule has 0 aromatic carbocycles. The topological polar surface area (TPSA) is 155 Å². The van der Waals surface area contributed by atoms with Crippen LogP contribution >= 0.6 is 7.82 Å². The number of hydrogen-bond acceptors (Lipinski definition) is 10. The van der Waals surface area contributed by atoms with Crippen LogP contribution in [0.3, 0.4) is 0 Å². The van der Waals surface area contributed by atoms with Crippen molar-refractivity contribution in [3.05, 3.63) is 24.3 Å². The summed E-state index contributed by atoms with van der Waals surface area (Å²) in [6.07, 6.45) is 55.6. The maximum atomic E-state index is 12.9. The molecule has 0 saturated carbocycles. The molecule has 2 N–H and O–H groups in total. The summed E-state index contributed by atoms with van der Waals surface area (Å²) >= 11 is 0. The van der Waals surface area contributed by atoms with Crippen molar-refractivity contribution < 1.29 is 52.2 Å². The Morgan fingerprint density at radius 3 is 0.958 bits per heavy atom. The lowest BCUT2D eigenvalue weighted by atomic mass is 10.1. The number of allylic oxidation sites excluding steroid dienone is 4. The summed E-state index contributed by atoms with van der Waals surface area (Å²) in [6.45, 7) is 4.67. The third-order valence-corrected chi connectivity index (χ3v) is 14.3. The minimum absolute atomic E-state index is 0.166. The number of unbranched alkanes of at least 4 members (excludes halogenated alkanes) is 36. The van der Waals surface area contributed by atoms with Crippen LogP contribution in [0, 0.1) is 0 Å². The van der Waals surface area contributed by atoms with Gasteiger partial charge in [-0.1, -0.05) is 238 Å². The van der Waals surface area contributed by atoms with Crippen LogP contribution in [0.15, 0.2) is 24.3 Å². The molecule has 0 fully saturated rings. The van der Waals surface area contributed by atoms with E-state index in [4.69, 9.17) is 23.3 Å². The van der Waals surface area contributed by atoms with E-state index in [1.165, 1.54) is 173 Å². The number of esters is 3. The van der Waals surface area contributed by atoms with Crippen LogP contribution in [0.25, 0.3) is 0 Å². The molecule has 0 aromatic rings. The summed E-state index contributed by atoms with van der Waals surface area (Å²) in [4.78, 5) is 48.5. The summed E-state index contributed by atoms with van der Waals surface area (Å²) in [7, 11) is -4.74. The van der Waals surface area contributed by atoms with Gasteiger partial charge in [-0.05, 0) is 70.6 Å². The zero-order valence-corrected chi connectivity index (χ0v) is 47.8. The molecule has 0 aliphatic carbocycles. The van der Waals surface area contributed by atoms with E-state index >= 15 is 0 Å². The molecule has 0 bridgehead atoms. The van der Waals surface area contributed by atoms with Gasteiger partial charge in [0.05, 0.1) is 19.8 Å². The molecular weight excluding hydrogens is 928 g/mol. The van der Waals surface area contributed by atoms with Crippen LogP contribution < -0.4 is 0 Å². The molecule has 3 unspecified atom stereocenters. The fourth-order valence-corrected chi connectivity index (χ4v) is 9.48. The summed E-state index contributed by atoms with van der Waals surface area (Å²) < 4.78 is 39.6. The Bertz CT molecular complexity index is 1310. The average molecular weight is 1040 g/mol. The normalized spacial score (nSPS) is 13.5. The van der Waals surface area contributed by atoms with Gasteiger partial charge in [-0.2, -0.15) is 0 Å². The lowest BCUT2D eigenvalue weighted by Gasteiger charge is -2.21. The molecule has 424 valence electrons. The molecule has 0 saturated heterocycles. The third-order valence-electron chi connectivity index (χ3n) is 13.3. The van der Waals surface area contributed by atoms with Crippen molar-refractivity contribution in [2.45, 2.75) is 315 Å². The molecule has 12 heteroatoms. The number of aliphatic hydroxyl groups is 1. The molecule has 0 heterocycles. The van der Waals surface area contributed by atoms with E-state index < -0.39 is 57.8 Å². The zero-order chi connectivity index (χ0) is 52.7. The second-order valence-electron chi connectivity index (χ2n) is 20.5. The van der Waals surface area contributed by atoms with Crippen molar-refractivity contribution in [2.75, 3.05) is 26.4 Å². The van der Waals surface area contributed by atoms with Crippen LogP contribution in [0.2, 0.25) is 0 Å². The van der Waals surface area contributed by atoms with Crippen molar-refractivity contribution >= 4 is 25.7 Å². The quantitative estimate of drug-likeness (QED) is 0.0197. The van der Waals surface area contributed by atoms with Crippen molar-refractivity contribution in [3.63, 3.8) is 0 Å². The van der Waals surface area contributed by atoms with E-state index in [-0.39, 0.29) is 25.9 Å². The maximum Gasteiger partial charge on any atom is 0.472 e. The van der Waals surface area contributed by atoms with Crippen LogP contribution in [-0.4, -0.2) is 66.5 Å². The third kappa shape index (κ3) is 52.8. The molecule has 0 spiro atoms. The molecule has 11 nitrogen and oxygen atoms in total. The Kier molecular flexibility index (Phi) is 53.6. The molecule has 0 aliphatic heterocycles. The van der Waals surface area contributed by atoms with Gasteiger partial charge in [0.2, 0.25) is 0 Å². The van der Waals surface area contributed by atoms with Crippen molar-refractivity contribution in [3.8, 4) is 0 Å². The molecule has 0 rings (SSSR count). The zero-order valence-electron chi connectivity index (χ0n) is 46.9. The predicted octanol–water partition coefficient (Wildman–Crippen LogP) is 17.8. The van der Waals surface area contributed by atoms with E-state index in [9.17, 15) is 28.9 Å². The number of rotatable bonds is 57. The summed E-state index contributed by atoms with van der Waals surface area (Å²) in [5.74, 6) is -1.45. The smallest absolute Gasteiger partial charge is 0.462 e. The fourth-order valence-electron chi connectivity index (χ4n) is 8.70. The van der Waals surface area contributed by atoms with Crippen LogP contribution in [-0.2, 0) is 42.2 Å². The second kappa shape index (κ2) is 55.2. The molecule has 0 radical (unpaired) electrons. The first-order chi connectivity index (χ1) is 35.2. The summed E-state index contributed by atoms with van der Waals surface area (Å²) in [6, 6.07) is 0. The van der Waals surface area contributed by atoms with E-state index in [1.807, 2.05) is 0 Å². The van der Waals surface area contributed by atoms with Crippen molar-refractivity contribution in [1.82, 2.24) is 0 Å². The lowest BCUT2D eigenvalue weighted by Crippen LogP contribution is -2.30. The average Bonchev–Trinajstić information content (AvgIpc) is 3.37. The number of phosphoric acid groups is 1. The van der Waals surface area contributed by atoms with E-state index in [1.54, 1.807) is 0 Å². The summed E-state index contributed by atoms with van der Waals surface area (Å²) in [5.41, 5.74) is 0. The Balaban J connectivity index is 4.69. The molecule has 72 heavy (non-hydrogen) atoms. The number of carbonyl (C=O) groups excluding carboxylic acids is 3. The number of carbonyl (C=O) groups is 3. The minimum Gasteiger partial charge on any atom is -0.462 e. The predicted molar refractivity (Wildman–Crippen MR) is 298 cm³/mol. The fraction of sp³-hybridized carbons (Fsp3) is 0.883. The molecular formula is C60H113O11P. The highest BCUT2D eigenvalue weighted by atomic mass is 31.2. The van der Waals surface area contributed by atoms with Gasteiger partial charge in [0, 0.05) is 19.3 Å². The van der Waals surface area contributed by atoms with Gasteiger partial charge in [-0.3, -0.25) is 23.4 Å². The van der Waals surface area contributed by atoms with Crippen LogP contribution in [0.5, 0.6) is 0 Å². The van der Waals surface area contributed by atoms with Gasteiger partial charge in [0.25, 0.3) is 0 Å². The van der Waals surface area contributed by atoms with Crippen LogP contribution in [0.4, 0.5) is 0 Å². The van der Waals surface area contributed by atoms with Gasteiger partial charge in [-0.15, -0.1) is 0 Å². The largest absolute Gasteiger partial charge is 0.472 e. The molecule has 0 amide bonds. The van der Waals surface area contributed by atoms with E-state index in [2.05, 4.69) is 45.1 Å². The first kappa shape index (κ1) is 70.0. The SMILES string of the molecule is CCCCCCCC/C=C\CCCCCCCCCC(=O)OCC(COP(=O)(O)OCC(CO)OC(=O)CCCCCCCCCCCCC)OC(=O)CCCCCCCCC/C=C\CCCCCCCC. The van der Waals surface area contributed by atoms with Crippen LogP contribution in [0.1, 0.15) is 303 Å². The Hall–Kier alpha value is -2.04. The monoisotopic (exact) mass is 1040 g/mol. The molecule has 0 aliphatic rings. The van der Waals surface area contributed by atoms with Gasteiger partial charge < -0.3 is 24.2 Å². The van der Waals surface area contributed by atoms with Gasteiger partial charge in [0.15, 0.2) is 6.10 Å². The van der Waals surface area contributed by atoms with E-state index in [0.29, 0.717) is 19.3 Å². The Morgan fingerprint density at radius 2 is 0.639 bits per heavy atom. The minimum atomic E-state index is -4.74. The van der Waals surface area contributed by atoms with Crippen molar-refractivity contribution in [1.29, 1.82) is 0 Å². The van der Waals surface area contributed by atoms with Crippen molar-refractivity contribution in [2.24, 2.45) is 0 Å². The maximum absolute atomic E-state index is 12.9. The molecule has 3 atom stereocenters. The first-order valence-corrected chi connectivity index (χ1v) is 31.7. The number of hydrogen-bond donors (Lipinski definition) is 2. The highest BCUT2D eigenvalue weighted by Crippen LogP contribution is 2.43. The lowest BCUT2D eigenvalue weighted by molar-refractivity contribution is -0.161.